The summed E-state index contributed by atoms with van der Waals surface area (Å²) in [4.78, 5) is 0. The van der Waals surface area contributed by atoms with Crippen molar-refractivity contribution in [2.24, 2.45) is 0 Å². The molecule has 1 heterocycles. The summed E-state index contributed by atoms with van der Waals surface area (Å²) in [5, 5.41) is 0. The SMILES string of the molecule is FC1(F)N(Cl)C(F)(F)N(Cl)C(F)(F)N1Cl. The van der Waals surface area contributed by atoms with Gasteiger partial charge in [-0.25, -0.2) is 0 Å². The first-order valence-corrected chi connectivity index (χ1v) is 4.00. The maximum Gasteiger partial charge on any atom is 0.407 e. The minimum absolute atomic E-state index is 1.52. The Morgan fingerprint density at radius 3 is 0.800 bits per heavy atom. The third-order valence-corrected chi connectivity index (χ3v) is 2.64. The summed E-state index contributed by atoms with van der Waals surface area (Å²) in [6.07, 6.45) is -15.0. The van der Waals surface area contributed by atoms with Gasteiger partial charge in [-0.15, -0.1) is 0 Å². The first-order valence-electron chi connectivity index (χ1n) is 2.98. The van der Waals surface area contributed by atoms with Crippen LogP contribution in [0.3, 0.4) is 0 Å². The molecule has 0 spiro atoms. The van der Waals surface area contributed by atoms with E-state index in [2.05, 4.69) is 35.3 Å². The molecule has 0 amide bonds. The van der Waals surface area contributed by atoms with Crippen LogP contribution in [0.15, 0.2) is 0 Å². The number of halogens is 9. The van der Waals surface area contributed by atoms with Crippen LogP contribution in [0.2, 0.25) is 0 Å². The predicted molar refractivity (Wildman–Crippen MR) is 37.9 cm³/mol. The van der Waals surface area contributed by atoms with E-state index in [0.717, 1.165) is 0 Å². The molecule has 90 valence electrons. The molecule has 0 bridgehead atoms. The highest BCUT2D eigenvalue weighted by atomic mass is 35.5. The lowest BCUT2D eigenvalue weighted by atomic mass is 10.6. The predicted octanol–water partition coefficient (Wildman–Crippen LogP) is 3.02. The lowest BCUT2D eigenvalue weighted by molar-refractivity contribution is -0.440. The second kappa shape index (κ2) is 3.41. The lowest BCUT2D eigenvalue weighted by Crippen LogP contribution is -2.73. The van der Waals surface area contributed by atoms with Gasteiger partial charge in [-0.3, -0.25) is 0 Å². The van der Waals surface area contributed by atoms with Crippen LogP contribution < -0.4 is 0 Å². The Kier molecular flexibility index (Phi) is 3.04. The number of hydrogen-bond donors (Lipinski definition) is 0. The molecule has 1 aliphatic heterocycles. The van der Waals surface area contributed by atoms with Crippen molar-refractivity contribution >= 4 is 35.3 Å². The normalized spacial score (nSPS) is 31.8. The Hall–Kier alpha value is 0.330. The highest BCUT2D eigenvalue weighted by Crippen LogP contribution is 2.52. The van der Waals surface area contributed by atoms with Gasteiger partial charge in [-0.05, 0) is 35.3 Å². The van der Waals surface area contributed by atoms with Crippen LogP contribution in [0.1, 0.15) is 0 Å². The fraction of sp³-hybridized carbons (Fsp3) is 1.00. The highest BCUT2D eigenvalue weighted by molar-refractivity contribution is 6.19. The molecule has 12 heteroatoms. The van der Waals surface area contributed by atoms with Gasteiger partial charge in [0, 0.05) is 0 Å². The Labute approximate surface area is 94.0 Å². The topological polar surface area (TPSA) is 9.72 Å². The summed E-state index contributed by atoms with van der Waals surface area (Å²) < 4.78 is 71.6. The second-order valence-electron chi connectivity index (χ2n) is 2.37. The number of rotatable bonds is 0. The number of hydrogen-bond acceptors (Lipinski definition) is 3. The summed E-state index contributed by atoms with van der Waals surface area (Å²) in [7, 11) is 0. The van der Waals surface area contributed by atoms with Crippen LogP contribution in [-0.2, 0) is 0 Å². The maximum atomic E-state index is 12.7. The summed E-state index contributed by atoms with van der Waals surface area (Å²) in [6.45, 7) is 0. The summed E-state index contributed by atoms with van der Waals surface area (Å²) >= 11 is 13.4. The van der Waals surface area contributed by atoms with E-state index in [4.69, 9.17) is 0 Å². The van der Waals surface area contributed by atoms with E-state index in [9.17, 15) is 26.3 Å². The fourth-order valence-electron chi connectivity index (χ4n) is 0.717. The zero-order chi connectivity index (χ0) is 12.2. The first kappa shape index (κ1) is 13.4. The van der Waals surface area contributed by atoms with Gasteiger partial charge in [0.1, 0.15) is 0 Å². The zero-order valence-corrected chi connectivity index (χ0v) is 8.51. The molecule has 0 atom stereocenters. The van der Waals surface area contributed by atoms with Crippen molar-refractivity contribution in [1.82, 2.24) is 13.3 Å². The molecule has 0 aliphatic carbocycles. The van der Waals surface area contributed by atoms with Crippen molar-refractivity contribution in [2.75, 3.05) is 0 Å². The van der Waals surface area contributed by atoms with Gasteiger partial charge < -0.3 is 0 Å². The van der Waals surface area contributed by atoms with Gasteiger partial charge in [0.2, 0.25) is 0 Å². The number of nitrogens with zero attached hydrogens (tertiary/aromatic N) is 3. The molecule has 0 aromatic carbocycles. The van der Waals surface area contributed by atoms with Crippen molar-refractivity contribution in [2.45, 2.75) is 18.5 Å². The molecule has 1 fully saturated rings. The molecule has 15 heavy (non-hydrogen) atoms. The summed E-state index contributed by atoms with van der Waals surface area (Å²) in [6, 6.07) is 0. The molecule has 0 unspecified atom stereocenters. The van der Waals surface area contributed by atoms with E-state index >= 15 is 0 Å². The maximum absolute atomic E-state index is 12.7. The van der Waals surface area contributed by atoms with Crippen LogP contribution in [0, 0.1) is 0 Å². The van der Waals surface area contributed by atoms with E-state index < -0.39 is 31.8 Å². The smallest absolute Gasteiger partial charge is 0.169 e. The molecule has 1 saturated heterocycles. The van der Waals surface area contributed by atoms with Gasteiger partial charge in [0.25, 0.3) is 0 Å². The third-order valence-electron chi connectivity index (χ3n) is 1.42. The molecule has 3 nitrogen and oxygen atoms in total. The van der Waals surface area contributed by atoms with Crippen LogP contribution in [-0.4, -0.2) is 31.8 Å². The molecule has 0 aromatic rings. The highest BCUT2D eigenvalue weighted by Gasteiger charge is 2.75. The Morgan fingerprint density at radius 1 is 0.533 bits per heavy atom. The monoisotopic (exact) mass is 297 g/mol. The molecule has 1 rings (SSSR count). The molecule has 1 aliphatic rings. The average Bonchev–Trinajstić information content (AvgIpc) is 2.12. The van der Waals surface area contributed by atoms with Crippen molar-refractivity contribution in [3.63, 3.8) is 0 Å². The molecule has 0 aromatic heterocycles. The molecular weight excluding hydrogens is 298 g/mol. The van der Waals surface area contributed by atoms with Gasteiger partial charge in [-0.1, -0.05) is 13.3 Å². The molecule has 0 saturated carbocycles. The standard InChI is InChI=1S/C3Cl3F6N3/c4-13-1(7,8)14(5)3(11,12)15(6)2(13,9)10. The summed E-state index contributed by atoms with van der Waals surface area (Å²) in [5.74, 6) is 0. The zero-order valence-electron chi connectivity index (χ0n) is 6.24. The van der Waals surface area contributed by atoms with Crippen molar-refractivity contribution in [3.05, 3.63) is 0 Å². The summed E-state index contributed by atoms with van der Waals surface area (Å²) in [5.41, 5.74) is 0. The minimum atomic E-state index is -4.98. The largest absolute Gasteiger partial charge is 0.407 e. The van der Waals surface area contributed by atoms with Gasteiger partial charge in [-0.2, -0.15) is 26.3 Å². The Morgan fingerprint density at radius 2 is 0.667 bits per heavy atom. The van der Waals surface area contributed by atoms with Crippen molar-refractivity contribution in [3.8, 4) is 0 Å². The molecule has 0 N–H and O–H groups in total. The Balaban J connectivity index is 3.24. The quantitative estimate of drug-likeness (QED) is 0.387. The van der Waals surface area contributed by atoms with E-state index in [1.807, 2.05) is 0 Å². The van der Waals surface area contributed by atoms with E-state index in [1.165, 1.54) is 0 Å². The Bertz CT molecular complexity index is 213. The van der Waals surface area contributed by atoms with Gasteiger partial charge >= 0.3 is 18.5 Å². The van der Waals surface area contributed by atoms with Crippen LogP contribution in [0.25, 0.3) is 0 Å². The second-order valence-corrected chi connectivity index (χ2v) is 3.39. The van der Waals surface area contributed by atoms with Gasteiger partial charge in [0.05, 0.1) is 0 Å². The van der Waals surface area contributed by atoms with Crippen molar-refractivity contribution in [1.29, 1.82) is 0 Å². The van der Waals surface area contributed by atoms with Crippen LogP contribution >= 0.6 is 35.3 Å². The number of alkyl halides is 6. The molecule has 0 radical (unpaired) electrons. The van der Waals surface area contributed by atoms with E-state index in [1.54, 1.807) is 0 Å². The fourth-order valence-corrected chi connectivity index (χ4v) is 1.29. The average molecular weight is 298 g/mol. The third kappa shape index (κ3) is 1.65. The van der Waals surface area contributed by atoms with Crippen molar-refractivity contribution < 1.29 is 26.3 Å². The van der Waals surface area contributed by atoms with Gasteiger partial charge in [0.15, 0.2) is 0 Å². The lowest BCUT2D eigenvalue weighted by Gasteiger charge is -2.46. The van der Waals surface area contributed by atoms with Crippen LogP contribution in [0.4, 0.5) is 26.3 Å². The molecular formula is C3Cl3F6N3. The van der Waals surface area contributed by atoms with Crippen LogP contribution in [0.5, 0.6) is 0 Å². The van der Waals surface area contributed by atoms with E-state index in [0.29, 0.717) is 0 Å². The first-order chi connectivity index (χ1) is 6.46. The van der Waals surface area contributed by atoms with E-state index in [-0.39, 0.29) is 0 Å². The minimum Gasteiger partial charge on any atom is -0.169 e.